The van der Waals surface area contributed by atoms with E-state index in [0.717, 1.165) is 22.0 Å². The van der Waals surface area contributed by atoms with Crippen LogP contribution in [0.15, 0.2) is 24.3 Å². The second-order valence-corrected chi connectivity index (χ2v) is 6.73. The summed E-state index contributed by atoms with van der Waals surface area (Å²) in [7, 11) is 1.85. The second-order valence-electron chi connectivity index (χ2n) is 5.52. The average Bonchev–Trinajstić information content (AvgIpc) is 2.91. The molecule has 0 fully saturated rings. The molecule has 0 radical (unpaired) electrons. The first-order chi connectivity index (χ1) is 11.8. The highest BCUT2D eigenvalue weighted by atomic mass is 32.1. The molecule has 0 aliphatic rings. The number of hydrogen-bond donors (Lipinski definition) is 0. The fourth-order valence-electron chi connectivity index (χ4n) is 2.55. The first kappa shape index (κ1) is 19.3. The number of thiophene rings is 1. The van der Waals surface area contributed by atoms with Crippen molar-refractivity contribution in [2.24, 2.45) is 0 Å². The number of anilines is 1. The third kappa shape index (κ3) is 4.33. The Balaban J connectivity index is 2.45. The third-order valence-electron chi connectivity index (χ3n) is 3.78. The number of rotatable bonds is 6. The van der Waals surface area contributed by atoms with Gasteiger partial charge in [-0.15, -0.1) is 11.3 Å². The van der Waals surface area contributed by atoms with Crippen molar-refractivity contribution in [3.05, 3.63) is 40.3 Å². The van der Waals surface area contributed by atoms with Gasteiger partial charge in [-0.2, -0.15) is 18.4 Å². The number of nitrogens with zero attached hydrogens (tertiary/aromatic N) is 2. The van der Waals surface area contributed by atoms with E-state index < -0.39 is 11.7 Å². The van der Waals surface area contributed by atoms with Gasteiger partial charge >= 0.3 is 6.18 Å². The minimum absolute atomic E-state index is 0.404. The Hall–Kier alpha value is -2.04. The highest BCUT2D eigenvalue weighted by Crippen LogP contribution is 2.42. The van der Waals surface area contributed by atoms with E-state index in [9.17, 15) is 18.4 Å². The van der Waals surface area contributed by atoms with Crippen LogP contribution in [0.3, 0.4) is 0 Å². The summed E-state index contributed by atoms with van der Waals surface area (Å²) in [6, 6.07) is 7.27. The minimum Gasteiger partial charge on any atom is -0.380 e. The van der Waals surface area contributed by atoms with Crippen molar-refractivity contribution in [3.8, 4) is 17.2 Å². The van der Waals surface area contributed by atoms with Crippen molar-refractivity contribution in [3.63, 3.8) is 0 Å². The summed E-state index contributed by atoms with van der Waals surface area (Å²) in [5.74, 6) is 0. The van der Waals surface area contributed by atoms with Crippen LogP contribution in [-0.2, 0) is 10.9 Å². The summed E-state index contributed by atoms with van der Waals surface area (Å²) in [6.45, 7) is 5.46. The molecule has 3 nitrogen and oxygen atoms in total. The van der Waals surface area contributed by atoms with E-state index in [2.05, 4.69) is 6.07 Å². The molecule has 2 rings (SSSR count). The number of hydrogen-bond acceptors (Lipinski definition) is 4. The molecule has 0 spiro atoms. The second kappa shape index (κ2) is 7.89. The maximum absolute atomic E-state index is 13.0. The van der Waals surface area contributed by atoms with Gasteiger partial charge in [0, 0.05) is 30.6 Å². The molecule has 0 N–H and O–H groups in total. The Labute approximate surface area is 149 Å². The fourth-order valence-corrected chi connectivity index (χ4v) is 3.66. The smallest absolute Gasteiger partial charge is 0.380 e. The average molecular weight is 368 g/mol. The highest BCUT2D eigenvalue weighted by molar-refractivity contribution is 7.16. The lowest BCUT2D eigenvalue weighted by Gasteiger charge is -2.17. The quantitative estimate of drug-likeness (QED) is 0.667. The van der Waals surface area contributed by atoms with Gasteiger partial charge in [-0.25, -0.2) is 0 Å². The van der Waals surface area contributed by atoms with Crippen LogP contribution in [0.2, 0.25) is 0 Å². The Morgan fingerprint density at radius 1 is 1.32 bits per heavy atom. The van der Waals surface area contributed by atoms with Gasteiger partial charge in [-0.1, -0.05) is 12.1 Å². The van der Waals surface area contributed by atoms with Crippen molar-refractivity contribution in [2.75, 3.05) is 31.7 Å². The van der Waals surface area contributed by atoms with Crippen molar-refractivity contribution >= 4 is 16.3 Å². The van der Waals surface area contributed by atoms with Gasteiger partial charge in [-0.3, -0.25) is 0 Å². The SMILES string of the molecule is CCOCCN(C)c1sc(C)c(-c2cccc(C(F)(F)F)c2)c1C#N. The predicted molar refractivity (Wildman–Crippen MR) is 94.0 cm³/mol. The standard InChI is InChI=1S/C18H19F3N2OS/c1-4-24-9-8-23(3)17-15(11-22)16(12(2)25-17)13-6-5-7-14(10-13)18(19,20)21/h5-7,10H,4,8-9H2,1-3H3. The monoisotopic (exact) mass is 368 g/mol. The number of nitriles is 1. The summed E-state index contributed by atoms with van der Waals surface area (Å²) < 4.78 is 44.3. The van der Waals surface area contributed by atoms with E-state index >= 15 is 0 Å². The Bertz CT molecular complexity index is 778. The van der Waals surface area contributed by atoms with Crippen LogP contribution in [0.4, 0.5) is 18.2 Å². The van der Waals surface area contributed by atoms with E-state index in [0.29, 0.717) is 36.4 Å². The molecular formula is C18H19F3N2OS. The molecule has 0 atom stereocenters. The summed E-state index contributed by atoms with van der Waals surface area (Å²) in [6.07, 6.45) is -4.41. The van der Waals surface area contributed by atoms with Gasteiger partial charge < -0.3 is 9.64 Å². The van der Waals surface area contributed by atoms with Gasteiger partial charge in [0.15, 0.2) is 0 Å². The van der Waals surface area contributed by atoms with Crippen molar-refractivity contribution in [1.29, 1.82) is 5.26 Å². The van der Waals surface area contributed by atoms with Crippen LogP contribution in [-0.4, -0.2) is 26.8 Å². The van der Waals surface area contributed by atoms with Crippen LogP contribution in [0.25, 0.3) is 11.1 Å². The van der Waals surface area contributed by atoms with Gasteiger partial charge in [-0.05, 0) is 31.5 Å². The lowest BCUT2D eigenvalue weighted by molar-refractivity contribution is -0.137. The number of aryl methyl sites for hydroxylation is 1. The molecule has 0 aliphatic carbocycles. The Morgan fingerprint density at radius 2 is 2.04 bits per heavy atom. The first-order valence-electron chi connectivity index (χ1n) is 7.79. The summed E-state index contributed by atoms with van der Waals surface area (Å²) in [5, 5.41) is 10.3. The van der Waals surface area contributed by atoms with E-state index in [-0.39, 0.29) is 0 Å². The molecule has 0 aliphatic heterocycles. The van der Waals surface area contributed by atoms with Crippen molar-refractivity contribution in [1.82, 2.24) is 0 Å². The predicted octanol–water partition coefficient (Wildman–Crippen LogP) is 5.09. The zero-order valence-electron chi connectivity index (χ0n) is 14.3. The van der Waals surface area contributed by atoms with Crippen LogP contribution >= 0.6 is 11.3 Å². The Kier molecular flexibility index (Phi) is 6.09. The number of likely N-dealkylation sites (N-methyl/N-ethyl adjacent to an activating group) is 1. The van der Waals surface area contributed by atoms with Crippen molar-refractivity contribution in [2.45, 2.75) is 20.0 Å². The van der Waals surface area contributed by atoms with Crippen LogP contribution in [0, 0.1) is 18.3 Å². The number of ether oxygens (including phenoxy) is 1. The van der Waals surface area contributed by atoms with Gasteiger partial charge in [0.2, 0.25) is 0 Å². The van der Waals surface area contributed by atoms with E-state index in [1.54, 1.807) is 6.07 Å². The molecule has 0 saturated carbocycles. The van der Waals surface area contributed by atoms with Crippen molar-refractivity contribution < 1.29 is 17.9 Å². The molecule has 1 aromatic heterocycles. The first-order valence-corrected chi connectivity index (χ1v) is 8.61. The number of halogens is 3. The van der Waals surface area contributed by atoms with E-state index in [1.165, 1.54) is 17.4 Å². The zero-order valence-corrected chi connectivity index (χ0v) is 15.1. The molecule has 0 unspecified atom stereocenters. The van der Waals surface area contributed by atoms with Gasteiger partial charge in [0.05, 0.1) is 17.7 Å². The number of alkyl halides is 3. The lowest BCUT2D eigenvalue weighted by atomic mass is 9.99. The lowest BCUT2D eigenvalue weighted by Crippen LogP contribution is -2.22. The maximum Gasteiger partial charge on any atom is 0.416 e. The minimum atomic E-state index is -4.41. The van der Waals surface area contributed by atoms with Crippen LogP contribution in [0.1, 0.15) is 22.9 Å². The normalized spacial score (nSPS) is 11.4. The molecule has 25 heavy (non-hydrogen) atoms. The van der Waals surface area contributed by atoms with Gasteiger partial charge in [0.25, 0.3) is 0 Å². The number of benzene rings is 1. The molecule has 1 aromatic carbocycles. The third-order valence-corrected chi connectivity index (χ3v) is 5.00. The Morgan fingerprint density at radius 3 is 2.64 bits per heavy atom. The van der Waals surface area contributed by atoms with Gasteiger partial charge in [0.1, 0.15) is 11.1 Å². The van der Waals surface area contributed by atoms with E-state index in [1.807, 2.05) is 25.8 Å². The van der Waals surface area contributed by atoms with Crippen LogP contribution < -0.4 is 4.90 Å². The summed E-state index contributed by atoms with van der Waals surface area (Å²) in [4.78, 5) is 2.72. The molecule has 0 saturated heterocycles. The molecule has 0 bridgehead atoms. The van der Waals surface area contributed by atoms with E-state index in [4.69, 9.17) is 4.74 Å². The summed E-state index contributed by atoms with van der Waals surface area (Å²) >= 11 is 1.41. The van der Waals surface area contributed by atoms with Crippen LogP contribution in [0.5, 0.6) is 0 Å². The maximum atomic E-state index is 13.0. The zero-order chi connectivity index (χ0) is 18.6. The molecular weight excluding hydrogens is 349 g/mol. The largest absolute Gasteiger partial charge is 0.416 e. The topological polar surface area (TPSA) is 36.3 Å². The molecule has 1 heterocycles. The highest BCUT2D eigenvalue weighted by Gasteiger charge is 2.31. The fraction of sp³-hybridized carbons (Fsp3) is 0.389. The molecule has 7 heteroatoms. The molecule has 134 valence electrons. The molecule has 2 aromatic rings. The summed E-state index contributed by atoms with van der Waals surface area (Å²) in [5.41, 5.74) is 0.660. The molecule has 0 amide bonds.